The van der Waals surface area contributed by atoms with Crippen LogP contribution >= 0.6 is 23.1 Å². The van der Waals surface area contributed by atoms with Crippen LogP contribution in [0.2, 0.25) is 0 Å². The first kappa shape index (κ1) is 19.9. The van der Waals surface area contributed by atoms with Gasteiger partial charge >= 0.3 is 0 Å². The summed E-state index contributed by atoms with van der Waals surface area (Å²) in [5, 5.41) is 3.64. The molecule has 5 nitrogen and oxygen atoms in total. The second-order valence-corrected chi connectivity index (χ2v) is 8.64. The lowest BCUT2D eigenvalue weighted by atomic mass is 10.1. The van der Waals surface area contributed by atoms with E-state index in [1.807, 2.05) is 6.07 Å². The van der Waals surface area contributed by atoms with Gasteiger partial charge in [-0.3, -0.25) is 9.59 Å². The zero-order chi connectivity index (χ0) is 19.2. The van der Waals surface area contributed by atoms with Gasteiger partial charge in [0, 0.05) is 21.8 Å². The van der Waals surface area contributed by atoms with Crippen molar-refractivity contribution in [1.82, 2.24) is 4.98 Å². The second kappa shape index (κ2) is 9.37. The highest BCUT2D eigenvalue weighted by molar-refractivity contribution is 7.99. The third kappa shape index (κ3) is 5.32. The first-order chi connectivity index (χ1) is 13.1. The molecule has 1 aromatic carbocycles. The minimum absolute atomic E-state index is 0.0187. The quantitative estimate of drug-likeness (QED) is 0.544. The number of carbonyl (C=O) groups excluding carboxylic acids is 2. The Morgan fingerprint density at radius 3 is 2.85 bits per heavy atom. The van der Waals surface area contributed by atoms with Crippen molar-refractivity contribution in [1.29, 1.82) is 0 Å². The Kier molecular flexibility index (Phi) is 6.90. The van der Waals surface area contributed by atoms with E-state index in [9.17, 15) is 9.59 Å². The number of aryl methyl sites for hydroxylation is 2. The van der Waals surface area contributed by atoms with Crippen LogP contribution in [0.5, 0.6) is 5.75 Å². The summed E-state index contributed by atoms with van der Waals surface area (Å²) < 4.78 is 5.36. The molecule has 2 aromatic rings. The number of benzene rings is 1. The number of anilines is 1. The van der Waals surface area contributed by atoms with E-state index in [4.69, 9.17) is 4.74 Å². The summed E-state index contributed by atoms with van der Waals surface area (Å²) >= 11 is 3.10. The Morgan fingerprint density at radius 2 is 2.07 bits per heavy atom. The number of aromatic nitrogens is 1. The molecule has 0 saturated heterocycles. The number of thioether (sulfide) groups is 1. The predicted octanol–water partition coefficient (Wildman–Crippen LogP) is 4.50. The number of ether oxygens (including phenoxy) is 1. The van der Waals surface area contributed by atoms with E-state index in [0.29, 0.717) is 22.2 Å². The van der Waals surface area contributed by atoms with Gasteiger partial charge in [0.05, 0.1) is 18.6 Å². The first-order valence-electron chi connectivity index (χ1n) is 9.11. The minimum Gasteiger partial charge on any atom is -0.496 e. The molecule has 0 radical (unpaired) electrons. The molecule has 7 heteroatoms. The molecular formula is C20H24N2O3S2. The number of carbonyl (C=O) groups is 2. The highest BCUT2D eigenvalue weighted by Crippen LogP contribution is 2.29. The molecular weight excluding hydrogens is 380 g/mol. The van der Waals surface area contributed by atoms with Crippen LogP contribution in [-0.4, -0.2) is 29.5 Å². The number of Topliss-reactive ketones (excluding diaryl/α,β-unsaturated/α-hetero) is 1. The van der Waals surface area contributed by atoms with Crippen LogP contribution in [0.4, 0.5) is 5.13 Å². The number of hydrogen-bond acceptors (Lipinski definition) is 6. The second-order valence-electron chi connectivity index (χ2n) is 6.57. The van der Waals surface area contributed by atoms with Gasteiger partial charge in [-0.15, -0.1) is 23.1 Å². The summed E-state index contributed by atoms with van der Waals surface area (Å²) in [6, 6.07) is 5.40. The Bertz CT molecular complexity index is 809. The number of nitrogens with zero attached hydrogens (tertiary/aromatic N) is 1. The number of fused-ring (bicyclic) bond motifs is 1. The smallest absolute Gasteiger partial charge is 0.236 e. The molecule has 1 aliphatic rings. The minimum atomic E-state index is -0.0504. The van der Waals surface area contributed by atoms with E-state index in [0.717, 1.165) is 29.8 Å². The van der Waals surface area contributed by atoms with Crippen molar-refractivity contribution >= 4 is 39.9 Å². The van der Waals surface area contributed by atoms with Crippen LogP contribution in [-0.2, 0) is 23.4 Å². The van der Waals surface area contributed by atoms with E-state index in [1.54, 1.807) is 37.5 Å². The molecule has 0 saturated carbocycles. The van der Waals surface area contributed by atoms with Gasteiger partial charge in [-0.05, 0) is 50.8 Å². The van der Waals surface area contributed by atoms with Crippen molar-refractivity contribution in [2.24, 2.45) is 0 Å². The summed E-state index contributed by atoms with van der Waals surface area (Å²) in [4.78, 5) is 29.7. The molecule has 1 heterocycles. The fourth-order valence-corrected chi connectivity index (χ4v) is 4.97. The molecule has 27 heavy (non-hydrogen) atoms. The fraction of sp³-hybridized carbons (Fsp3) is 0.450. The summed E-state index contributed by atoms with van der Waals surface area (Å²) in [6.45, 7) is 1.54. The van der Waals surface area contributed by atoms with Crippen molar-refractivity contribution in [3.63, 3.8) is 0 Å². The molecule has 3 rings (SSSR count). The maximum Gasteiger partial charge on any atom is 0.236 e. The Balaban J connectivity index is 1.54. The van der Waals surface area contributed by atoms with Crippen molar-refractivity contribution < 1.29 is 14.3 Å². The molecule has 1 aliphatic carbocycles. The third-order valence-electron chi connectivity index (χ3n) is 4.52. The van der Waals surface area contributed by atoms with Crippen molar-refractivity contribution in [2.45, 2.75) is 44.8 Å². The van der Waals surface area contributed by atoms with Crippen LogP contribution in [0.1, 0.15) is 52.7 Å². The van der Waals surface area contributed by atoms with Crippen LogP contribution < -0.4 is 10.1 Å². The summed E-state index contributed by atoms with van der Waals surface area (Å²) in [6.07, 6.45) is 5.74. The SMILES string of the molecule is COc1ccc(C(C)=O)cc1CSCC(=O)Nc1nc2c(s1)CCCCC2. The Morgan fingerprint density at radius 1 is 1.26 bits per heavy atom. The molecule has 1 N–H and O–H groups in total. The molecule has 0 fully saturated rings. The topological polar surface area (TPSA) is 68.3 Å². The van der Waals surface area contributed by atoms with Gasteiger partial charge in [0.1, 0.15) is 5.75 Å². The van der Waals surface area contributed by atoms with Gasteiger partial charge in [-0.25, -0.2) is 4.98 Å². The van der Waals surface area contributed by atoms with Crippen molar-refractivity contribution in [2.75, 3.05) is 18.2 Å². The highest BCUT2D eigenvalue weighted by Gasteiger charge is 2.15. The van der Waals surface area contributed by atoms with E-state index in [2.05, 4.69) is 10.3 Å². The lowest BCUT2D eigenvalue weighted by molar-refractivity contribution is -0.113. The van der Waals surface area contributed by atoms with Gasteiger partial charge in [0.15, 0.2) is 10.9 Å². The standard InChI is InChI=1S/C20H24N2O3S2/c1-13(23)14-8-9-17(25-2)15(10-14)11-26-12-19(24)22-20-21-16-6-4-3-5-7-18(16)27-20/h8-10H,3-7,11-12H2,1-2H3,(H,21,22,24). The largest absolute Gasteiger partial charge is 0.496 e. The van der Waals surface area contributed by atoms with Gasteiger partial charge < -0.3 is 10.1 Å². The number of ketones is 1. The monoisotopic (exact) mass is 404 g/mol. The zero-order valence-corrected chi connectivity index (χ0v) is 17.3. The van der Waals surface area contributed by atoms with Crippen LogP contribution in [0.3, 0.4) is 0 Å². The average Bonchev–Trinajstić information content (AvgIpc) is 2.89. The van der Waals surface area contributed by atoms with Crippen LogP contribution in [0.25, 0.3) is 0 Å². The maximum atomic E-state index is 12.3. The van der Waals surface area contributed by atoms with Crippen LogP contribution in [0, 0.1) is 0 Å². The predicted molar refractivity (Wildman–Crippen MR) is 111 cm³/mol. The van der Waals surface area contributed by atoms with Gasteiger partial charge in [-0.2, -0.15) is 0 Å². The number of hydrogen-bond donors (Lipinski definition) is 1. The Hall–Kier alpha value is -1.86. The molecule has 0 atom stereocenters. The van der Waals surface area contributed by atoms with Crippen molar-refractivity contribution in [3.8, 4) is 5.75 Å². The van der Waals surface area contributed by atoms with Gasteiger partial charge in [0.25, 0.3) is 0 Å². The molecule has 0 aliphatic heterocycles. The Labute approximate surface area is 167 Å². The fourth-order valence-electron chi connectivity index (χ4n) is 3.10. The molecule has 0 bridgehead atoms. The molecule has 144 valence electrons. The van der Waals surface area contributed by atoms with E-state index < -0.39 is 0 Å². The van der Waals surface area contributed by atoms with Crippen LogP contribution in [0.15, 0.2) is 18.2 Å². The summed E-state index contributed by atoms with van der Waals surface area (Å²) in [7, 11) is 1.61. The van der Waals surface area contributed by atoms with E-state index >= 15 is 0 Å². The number of methoxy groups -OCH3 is 1. The summed E-state index contributed by atoms with van der Waals surface area (Å²) in [5.41, 5.74) is 2.73. The van der Waals surface area contributed by atoms with Gasteiger partial charge in [0.2, 0.25) is 5.91 Å². The highest BCUT2D eigenvalue weighted by atomic mass is 32.2. The van der Waals surface area contributed by atoms with E-state index in [-0.39, 0.29) is 11.7 Å². The lowest BCUT2D eigenvalue weighted by Gasteiger charge is -2.09. The molecule has 1 aromatic heterocycles. The average molecular weight is 405 g/mol. The van der Waals surface area contributed by atoms with E-state index in [1.165, 1.54) is 35.9 Å². The number of rotatable bonds is 7. The zero-order valence-electron chi connectivity index (χ0n) is 15.7. The maximum absolute atomic E-state index is 12.3. The lowest BCUT2D eigenvalue weighted by Crippen LogP contribution is -2.14. The molecule has 0 unspecified atom stereocenters. The molecule has 1 amide bonds. The number of thiazole rings is 1. The normalized spacial score (nSPS) is 13.6. The molecule has 0 spiro atoms. The van der Waals surface area contributed by atoms with Gasteiger partial charge in [-0.1, -0.05) is 6.42 Å². The summed E-state index contributed by atoms with van der Waals surface area (Å²) in [5.74, 6) is 1.64. The first-order valence-corrected chi connectivity index (χ1v) is 11.1. The third-order valence-corrected chi connectivity index (χ3v) is 6.57. The van der Waals surface area contributed by atoms with Crippen molar-refractivity contribution in [3.05, 3.63) is 39.9 Å². The number of amides is 1. The number of nitrogens with one attached hydrogen (secondary N) is 1.